The number of nitrogens with one attached hydrogen (secondary N) is 1. The monoisotopic (exact) mass is 458 g/mol. The molecule has 1 atom stereocenters. The molecule has 0 saturated carbocycles. The second-order valence-electron chi connectivity index (χ2n) is 7.99. The predicted octanol–water partition coefficient (Wildman–Crippen LogP) is 4.16. The number of nitrogens with zero attached hydrogens (tertiary/aromatic N) is 3. The number of hydrogen-bond donors (Lipinski definition) is 1. The summed E-state index contributed by atoms with van der Waals surface area (Å²) in [6.45, 7) is 3.87. The standard InChI is InChI=1S/C25H22N4O3S/c1-15-10-18(32-28-15)14-27-25(31)24-20-12-23(17-6-5-9-26-13-17)33-22-8-4-3-7-19(22)29(20)16(2)11-21(24)30/h3-11,13,23H,12,14H2,1-2H3,(H,27,31)/t23-/m1/s1. The molecule has 7 nitrogen and oxygen atoms in total. The number of amides is 1. The van der Waals surface area contributed by atoms with Gasteiger partial charge in [0.2, 0.25) is 0 Å². The molecule has 0 spiro atoms. The van der Waals surface area contributed by atoms with Crippen molar-refractivity contribution in [1.82, 2.24) is 20.0 Å². The summed E-state index contributed by atoms with van der Waals surface area (Å²) in [7, 11) is 0. The van der Waals surface area contributed by atoms with Gasteiger partial charge < -0.3 is 14.4 Å². The van der Waals surface area contributed by atoms with Gasteiger partial charge in [0.25, 0.3) is 5.91 Å². The minimum Gasteiger partial charge on any atom is -0.359 e. The SMILES string of the molecule is Cc1cc(CNC(=O)c2c3n(c(C)cc2=O)-c2ccccc2S[C@@H](c2cccnc2)C3)on1. The zero-order valence-corrected chi connectivity index (χ0v) is 19.1. The molecule has 1 aliphatic rings. The third kappa shape index (κ3) is 4.09. The summed E-state index contributed by atoms with van der Waals surface area (Å²) in [5, 5.41) is 6.68. The Morgan fingerprint density at radius 3 is 2.82 bits per heavy atom. The molecule has 0 radical (unpaired) electrons. The summed E-state index contributed by atoms with van der Waals surface area (Å²) in [6.07, 6.45) is 4.09. The lowest BCUT2D eigenvalue weighted by Gasteiger charge is -2.20. The van der Waals surface area contributed by atoms with Crippen molar-refractivity contribution in [1.29, 1.82) is 0 Å². The average Bonchev–Trinajstić information content (AvgIpc) is 3.14. The van der Waals surface area contributed by atoms with Crippen molar-refractivity contribution in [3.05, 3.63) is 105 Å². The Morgan fingerprint density at radius 1 is 1.21 bits per heavy atom. The van der Waals surface area contributed by atoms with Crippen LogP contribution in [-0.4, -0.2) is 20.6 Å². The fourth-order valence-electron chi connectivity index (χ4n) is 4.18. The van der Waals surface area contributed by atoms with Gasteiger partial charge in [0, 0.05) is 52.5 Å². The van der Waals surface area contributed by atoms with E-state index < -0.39 is 5.91 Å². The van der Waals surface area contributed by atoms with Crippen LogP contribution in [0.15, 0.2) is 75.1 Å². The quantitative estimate of drug-likeness (QED) is 0.494. The van der Waals surface area contributed by atoms with Crippen molar-refractivity contribution < 1.29 is 9.32 Å². The Labute approximate surface area is 194 Å². The third-order valence-corrected chi connectivity index (χ3v) is 6.96. The first kappa shape index (κ1) is 21.2. The maximum Gasteiger partial charge on any atom is 0.257 e. The van der Waals surface area contributed by atoms with E-state index in [0.717, 1.165) is 27.5 Å². The van der Waals surface area contributed by atoms with Crippen LogP contribution in [0.4, 0.5) is 0 Å². The molecule has 3 aromatic heterocycles. The zero-order chi connectivity index (χ0) is 22.9. The van der Waals surface area contributed by atoms with Crippen LogP contribution in [-0.2, 0) is 13.0 Å². The number of para-hydroxylation sites is 1. The Balaban J connectivity index is 1.63. The van der Waals surface area contributed by atoms with Crippen molar-refractivity contribution >= 4 is 17.7 Å². The number of benzene rings is 1. The molecule has 166 valence electrons. The molecule has 0 saturated heterocycles. The van der Waals surface area contributed by atoms with E-state index in [1.165, 1.54) is 6.07 Å². The van der Waals surface area contributed by atoms with Gasteiger partial charge in [-0.2, -0.15) is 0 Å². The summed E-state index contributed by atoms with van der Waals surface area (Å²) in [4.78, 5) is 31.8. The molecule has 0 aliphatic carbocycles. The van der Waals surface area contributed by atoms with Crippen molar-refractivity contribution in [3.8, 4) is 5.69 Å². The first-order valence-corrected chi connectivity index (χ1v) is 11.5. The largest absolute Gasteiger partial charge is 0.359 e. The van der Waals surface area contributed by atoms with E-state index in [4.69, 9.17) is 4.52 Å². The molecule has 1 aliphatic heterocycles. The second-order valence-corrected chi connectivity index (χ2v) is 9.23. The van der Waals surface area contributed by atoms with Gasteiger partial charge >= 0.3 is 0 Å². The van der Waals surface area contributed by atoms with Crippen molar-refractivity contribution in [2.75, 3.05) is 0 Å². The van der Waals surface area contributed by atoms with Crippen LogP contribution < -0.4 is 10.7 Å². The number of carbonyl (C=O) groups is 1. The van der Waals surface area contributed by atoms with Crippen molar-refractivity contribution in [2.45, 2.75) is 37.0 Å². The Morgan fingerprint density at radius 2 is 2.06 bits per heavy atom. The molecule has 4 aromatic rings. The van der Waals surface area contributed by atoms with Gasteiger partial charge in [0.1, 0.15) is 5.56 Å². The lowest BCUT2D eigenvalue weighted by Crippen LogP contribution is -2.32. The van der Waals surface area contributed by atoms with Crippen LogP contribution in [0.25, 0.3) is 5.69 Å². The van der Waals surface area contributed by atoms with Gasteiger partial charge in [-0.1, -0.05) is 23.4 Å². The number of thioether (sulfide) groups is 1. The van der Waals surface area contributed by atoms with E-state index in [2.05, 4.69) is 21.5 Å². The minimum absolute atomic E-state index is 0.00160. The summed E-state index contributed by atoms with van der Waals surface area (Å²) < 4.78 is 7.23. The summed E-state index contributed by atoms with van der Waals surface area (Å²) in [6, 6.07) is 15.3. The smallest absolute Gasteiger partial charge is 0.257 e. The lowest BCUT2D eigenvalue weighted by atomic mass is 10.0. The van der Waals surface area contributed by atoms with Crippen LogP contribution >= 0.6 is 11.8 Å². The van der Waals surface area contributed by atoms with E-state index in [0.29, 0.717) is 17.9 Å². The molecule has 1 amide bonds. The first-order chi connectivity index (χ1) is 16.0. The van der Waals surface area contributed by atoms with E-state index in [-0.39, 0.29) is 22.8 Å². The van der Waals surface area contributed by atoms with Gasteiger partial charge in [-0.05, 0) is 37.6 Å². The normalized spacial score (nSPS) is 14.8. The third-order valence-electron chi connectivity index (χ3n) is 5.63. The number of hydrogen-bond acceptors (Lipinski definition) is 6. The molecule has 33 heavy (non-hydrogen) atoms. The molecule has 8 heteroatoms. The molecular weight excluding hydrogens is 436 g/mol. The number of rotatable bonds is 4. The van der Waals surface area contributed by atoms with E-state index in [1.807, 2.05) is 54.9 Å². The van der Waals surface area contributed by atoms with Crippen LogP contribution in [0.2, 0.25) is 0 Å². The maximum absolute atomic E-state index is 13.3. The first-order valence-electron chi connectivity index (χ1n) is 10.6. The van der Waals surface area contributed by atoms with E-state index >= 15 is 0 Å². The number of carbonyl (C=O) groups excluding carboxylic acids is 1. The summed E-state index contributed by atoms with van der Waals surface area (Å²) in [5.41, 5.74) is 4.08. The van der Waals surface area contributed by atoms with Gasteiger partial charge in [-0.15, -0.1) is 11.8 Å². The fraction of sp³-hybridized carbons (Fsp3) is 0.200. The molecule has 0 fully saturated rings. The molecule has 1 N–H and O–H groups in total. The zero-order valence-electron chi connectivity index (χ0n) is 18.2. The minimum atomic E-state index is -0.424. The lowest BCUT2D eigenvalue weighted by molar-refractivity contribution is 0.0944. The Hall–Kier alpha value is -3.65. The fourth-order valence-corrected chi connectivity index (χ4v) is 5.45. The number of aromatic nitrogens is 3. The maximum atomic E-state index is 13.3. The highest BCUT2D eigenvalue weighted by molar-refractivity contribution is 7.99. The molecule has 0 unspecified atom stereocenters. The van der Waals surface area contributed by atoms with Crippen LogP contribution in [0.5, 0.6) is 0 Å². The van der Waals surface area contributed by atoms with Gasteiger partial charge in [-0.25, -0.2) is 0 Å². The summed E-state index contributed by atoms with van der Waals surface area (Å²) in [5.74, 6) is 0.111. The predicted molar refractivity (Wildman–Crippen MR) is 126 cm³/mol. The van der Waals surface area contributed by atoms with E-state index in [9.17, 15) is 9.59 Å². The van der Waals surface area contributed by atoms with Gasteiger partial charge in [0.15, 0.2) is 11.2 Å². The number of fused-ring (bicyclic) bond motifs is 3. The van der Waals surface area contributed by atoms with Crippen LogP contribution in [0, 0.1) is 13.8 Å². The van der Waals surface area contributed by atoms with E-state index in [1.54, 1.807) is 24.0 Å². The van der Waals surface area contributed by atoms with Crippen LogP contribution in [0.3, 0.4) is 0 Å². The highest BCUT2D eigenvalue weighted by Gasteiger charge is 2.29. The van der Waals surface area contributed by atoms with Crippen molar-refractivity contribution in [2.24, 2.45) is 0 Å². The van der Waals surface area contributed by atoms with Gasteiger partial charge in [-0.3, -0.25) is 14.6 Å². The van der Waals surface area contributed by atoms with Crippen LogP contribution in [0.1, 0.15) is 44.0 Å². The van der Waals surface area contributed by atoms with Crippen molar-refractivity contribution in [3.63, 3.8) is 0 Å². The highest BCUT2D eigenvalue weighted by atomic mass is 32.2. The second kappa shape index (κ2) is 8.71. The molecule has 0 bridgehead atoms. The molecular formula is C25H22N4O3S. The topological polar surface area (TPSA) is 90.0 Å². The molecule has 1 aromatic carbocycles. The number of pyridine rings is 2. The highest BCUT2D eigenvalue weighted by Crippen LogP contribution is 2.44. The number of aryl methyl sites for hydroxylation is 2. The Kier molecular flexibility index (Phi) is 5.60. The summed E-state index contributed by atoms with van der Waals surface area (Å²) >= 11 is 1.72. The Bertz CT molecular complexity index is 1390. The molecule has 4 heterocycles. The van der Waals surface area contributed by atoms with Gasteiger partial charge in [0.05, 0.1) is 17.9 Å². The average molecular weight is 459 g/mol. The molecule has 5 rings (SSSR count).